The van der Waals surface area contributed by atoms with E-state index >= 15 is 0 Å². The van der Waals surface area contributed by atoms with E-state index in [1.54, 1.807) is 11.3 Å². The number of ether oxygens (including phenoxy) is 1. The van der Waals surface area contributed by atoms with Crippen LogP contribution in [0.4, 0.5) is 0 Å². The van der Waals surface area contributed by atoms with Crippen molar-refractivity contribution in [2.45, 2.75) is 32.4 Å². The largest absolute Gasteiger partial charge is 0.489 e. The molecule has 0 saturated heterocycles. The minimum atomic E-state index is 0.504. The molecule has 1 aromatic heterocycles. The molecule has 0 bridgehead atoms. The Kier molecular flexibility index (Phi) is 3.85. The fourth-order valence-corrected chi connectivity index (χ4v) is 3.40. The summed E-state index contributed by atoms with van der Waals surface area (Å²) >= 11 is 1.72. The molecule has 2 nitrogen and oxygen atoms in total. The molecule has 0 amide bonds. The molecule has 19 heavy (non-hydrogen) atoms. The van der Waals surface area contributed by atoms with Gasteiger partial charge in [-0.1, -0.05) is 19.1 Å². The fourth-order valence-electron chi connectivity index (χ4n) is 2.75. The highest BCUT2D eigenvalue weighted by Crippen LogP contribution is 2.37. The number of hydrogen-bond donors (Lipinski definition) is 1. The predicted molar refractivity (Wildman–Crippen MR) is 79.8 cm³/mol. The van der Waals surface area contributed by atoms with Crippen LogP contribution in [0.1, 0.15) is 36.1 Å². The number of nitrogens with one attached hydrogen (secondary N) is 1. The van der Waals surface area contributed by atoms with Crippen molar-refractivity contribution in [1.29, 1.82) is 0 Å². The van der Waals surface area contributed by atoms with E-state index in [1.165, 1.54) is 23.1 Å². The maximum atomic E-state index is 6.00. The number of hydrogen-bond acceptors (Lipinski definition) is 3. The Hall–Kier alpha value is -1.32. The number of rotatable bonds is 5. The van der Waals surface area contributed by atoms with Gasteiger partial charge in [0.25, 0.3) is 0 Å². The zero-order valence-electron chi connectivity index (χ0n) is 11.2. The Morgan fingerprint density at radius 3 is 3.11 bits per heavy atom. The molecular weight excluding hydrogens is 254 g/mol. The van der Waals surface area contributed by atoms with Crippen LogP contribution < -0.4 is 10.1 Å². The smallest absolute Gasteiger partial charge is 0.123 e. The second kappa shape index (κ2) is 5.76. The summed E-state index contributed by atoms with van der Waals surface area (Å²) in [4.78, 5) is 0. The summed E-state index contributed by atoms with van der Waals surface area (Å²) < 4.78 is 6.00. The van der Waals surface area contributed by atoms with Gasteiger partial charge < -0.3 is 10.1 Å². The molecule has 1 unspecified atom stereocenters. The Morgan fingerprint density at radius 1 is 1.37 bits per heavy atom. The van der Waals surface area contributed by atoms with Crippen LogP contribution in [0.2, 0.25) is 0 Å². The van der Waals surface area contributed by atoms with Gasteiger partial charge in [0.2, 0.25) is 0 Å². The lowest BCUT2D eigenvalue weighted by molar-refractivity contribution is 0.304. The number of thiophene rings is 1. The van der Waals surface area contributed by atoms with E-state index in [4.69, 9.17) is 4.74 Å². The lowest BCUT2D eigenvalue weighted by Gasteiger charge is -2.14. The second-order valence-electron chi connectivity index (χ2n) is 4.89. The normalized spacial score (nSPS) is 17.4. The molecule has 3 heteroatoms. The summed E-state index contributed by atoms with van der Waals surface area (Å²) in [5.74, 6) is 1.06. The van der Waals surface area contributed by atoms with Gasteiger partial charge in [-0.15, -0.1) is 0 Å². The van der Waals surface area contributed by atoms with E-state index in [1.807, 2.05) is 0 Å². The summed E-state index contributed by atoms with van der Waals surface area (Å²) in [5, 5.41) is 7.78. The van der Waals surface area contributed by atoms with Gasteiger partial charge in [0, 0.05) is 6.04 Å². The Labute approximate surface area is 118 Å². The van der Waals surface area contributed by atoms with Crippen molar-refractivity contribution < 1.29 is 4.74 Å². The van der Waals surface area contributed by atoms with Crippen LogP contribution in [-0.2, 0) is 13.0 Å². The maximum absolute atomic E-state index is 6.00. The van der Waals surface area contributed by atoms with Crippen LogP contribution >= 0.6 is 11.3 Å². The molecule has 0 aliphatic heterocycles. The van der Waals surface area contributed by atoms with Crippen LogP contribution in [0.25, 0.3) is 0 Å². The average Bonchev–Trinajstić information content (AvgIpc) is 3.07. The second-order valence-corrected chi connectivity index (χ2v) is 5.67. The monoisotopic (exact) mass is 273 g/mol. The highest BCUT2D eigenvalue weighted by Gasteiger charge is 2.24. The highest BCUT2D eigenvalue weighted by molar-refractivity contribution is 7.07. The van der Waals surface area contributed by atoms with E-state index in [9.17, 15) is 0 Å². The maximum Gasteiger partial charge on any atom is 0.123 e. The SMILES string of the molecule is CCNC1CCc2c(OCc3ccsc3)cccc21. The third-order valence-corrected chi connectivity index (χ3v) is 4.38. The van der Waals surface area contributed by atoms with Crippen molar-refractivity contribution in [3.8, 4) is 5.75 Å². The Balaban J connectivity index is 1.76. The zero-order valence-corrected chi connectivity index (χ0v) is 12.0. The summed E-state index contributed by atoms with van der Waals surface area (Å²) in [7, 11) is 0. The van der Waals surface area contributed by atoms with Crippen molar-refractivity contribution in [2.24, 2.45) is 0 Å². The minimum absolute atomic E-state index is 0.504. The Morgan fingerprint density at radius 2 is 2.32 bits per heavy atom. The first kappa shape index (κ1) is 12.7. The lowest BCUT2D eigenvalue weighted by atomic mass is 10.1. The third-order valence-electron chi connectivity index (χ3n) is 3.65. The molecule has 1 aliphatic carbocycles. The minimum Gasteiger partial charge on any atom is -0.489 e. The molecule has 1 N–H and O–H groups in total. The first-order valence-electron chi connectivity index (χ1n) is 6.87. The molecule has 0 spiro atoms. The van der Waals surface area contributed by atoms with Crippen molar-refractivity contribution in [2.75, 3.05) is 6.54 Å². The Bertz CT molecular complexity index is 536. The molecule has 0 fully saturated rings. The molecule has 0 saturated carbocycles. The van der Waals surface area contributed by atoms with Gasteiger partial charge in [-0.05, 0) is 59.0 Å². The summed E-state index contributed by atoms with van der Waals surface area (Å²) in [5.41, 5.74) is 4.07. The first-order chi connectivity index (χ1) is 9.38. The zero-order chi connectivity index (χ0) is 13.1. The van der Waals surface area contributed by atoms with Gasteiger partial charge in [0.05, 0.1) is 0 Å². The van der Waals surface area contributed by atoms with E-state index in [2.05, 4.69) is 47.3 Å². The van der Waals surface area contributed by atoms with Crippen LogP contribution in [0.15, 0.2) is 35.0 Å². The average molecular weight is 273 g/mol. The lowest BCUT2D eigenvalue weighted by Crippen LogP contribution is -2.18. The first-order valence-corrected chi connectivity index (χ1v) is 7.82. The standard InChI is InChI=1S/C16H19NOS/c1-2-17-15-7-6-14-13(15)4-3-5-16(14)18-10-12-8-9-19-11-12/h3-5,8-9,11,15,17H,2,6-7,10H2,1H3. The van der Waals surface area contributed by atoms with Gasteiger partial charge in [-0.3, -0.25) is 0 Å². The van der Waals surface area contributed by atoms with Crippen molar-refractivity contribution in [3.63, 3.8) is 0 Å². The van der Waals surface area contributed by atoms with Gasteiger partial charge >= 0.3 is 0 Å². The van der Waals surface area contributed by atoms with Gasteiger partial charge in [0.15, 0.2) is 0 Å². The van der Waals surface area contributed by atoms with Crippen molar-refractivity contribution in [3.05, 3.63) is 51.7 Å². The van der Waals surface area contributed by atoms with Gasteiger partial charge in [0.1, 0.15) is 12.4 Å². The molecule has 1 heterocycles. The molecule has 0 radical (unpaired) electrons. The third kappa shape index (κ3) is 2.67. The molecule has 1 atom stereocenters. The molecular formula is C16H19NOS. The quantitative estimate of drug-likeness (QED) is 0.891. The van der Waals surface area contributed by atoms with E-state index in [0.29, 0.717) is 12.6 Å². The fraction of sp³-hybridized carbons (Fsp3) is 0.375. The number of benzene rings is 1. The van der Waals surface area contributed by atoms with E-state index in [-0.39, 0.29) is 0 Å². The van der Waals surface area contributed by atoms with Crippen LogP contribution in [-0.4, -0.2) is 6.54 Å². The van der Waals surface area contributed by atoms with Gasteiger partial charge in [-0.25, -0.2) is 0 Å². The summed E-state index contributed by atoms with van der Waals surface area (Å²) in [6.07, 6.45) is 2.30. The van der Waals surface area contributed by atoms with Crippen LogP contribution in [0.3, 0.4) is 0 Å². The summed E-state index contributed by atoms with van der Waals surface area (Å²) in [6, 6.07) is 9.06. The van der Waals surface area contributed by atoms with Crippen molar-refractivity contribution in [1.82, 2.24) is 5.32 Å². The van der Waals surface area contributed by atoms with E-state index < -0.39 is 0 Å². The summed E-state index contributed by atoms with van der Waals surface area (Å²) in [6.45, 7) is 3.85. The highest BCUT2D eigenvalue weighted by atomic mass is 32.1. The van der Waals surface area contributed by atoms with E-state index in [0.717, 1.165) is 18.7 Å². The van der Waals surface area contributed by atoms with Crippen LogP contribution in [0, 0.1) is 0 Å². The molecule has 100 valence electrons. The number of fused-ring (bicyclic) bond motifs is 1. The van der Waals surface area contributed by atoms with Gasteiger partial charge in [-0.2, -0.15) is 11.3 Å². The molecule has 3 rings (SSSR count). The molecule has 1 aromatic carbocycles. The van der Waals surface area contributed by atoms with Crippen LogP contribution in [0.5, 0.6) is 5.75 Å². The molecule has 2 aromatic rings. The van der Waals surface area contributed by atoms with Crippen molar-refractivity contribution >= 4 is 11.3 Å². The molecule has 1 aliphatic rings. The predicted octanol–water partition coefficient (Wildman–Crippen LogP) is 3.92. The topological polar surface area (TPSA) is 21.3 Å².